The number of benzene rings is 2. The Balaban J connectivity index is 1.90. The molecule has 152 valence electrons. The first kappa shape index (κ1) is 20.8. The number of nitriles is 1. The van der Waals surface area contributed by atoms with Crippen LogP contribution in [0.4, 0.5) is 18.9 Å². The number of sulfonamides is 1. The van der Waals surface area contributed by atoms with Crippen molar-refractivity contribution < 1.29 is 26.4 Å². The van der Waals surface area contributed by atoms with Crippen LogP contribution in [0.5, 0.6) is 0 Å². The number of amides is 1. The minimum atomic E-state index is -4.85. The number of carbonyl (C=O) groups excluding carboxylic acids is 1. The van der Waals surface area contributed by atoms with Crippen LogP contribution in [-0.2, 0) is 21.0 Å². The number of rotatable bonds is 4. The smallest absolute Gasteiger partial charge is 0.325 e. The highest BCUT2D eigenvalue weighted by Gasteiger charge is 2.44. The fourth-order valence-corrected chi connectivity index (χ4v) is 5.10. The summed E-state index contributed by atoms with van der Waals surface area (Å²) >= 11 is 0. The van der Waals surface area contributed by atoms with Crippen molar-refractivity contribution >= 4 is 21.6 Å². The Labute approximate surface area is 165 Å². The Morgan fingerprint density at radius 2 is 1.90 bits per heavy atom. The second-order valence-electron chi connectivity index (χ2n) is 6.45. The third-order valence-electron chi connectivity index (χ3n) is 4.54. The van der Waals surface area contributed by atoms with E-state index in [-0.39, 0.29) is 13.0 Å². The minimum Gasteiger partial charge on any atom is -0.325 e. The highest BCUT2D eigenvalue weighted by atomic mass is 32.2. The number of halogens is 3. The first-order valence-corrected chi connectivity index (χ1v) is 10.1. The minimum absolute atomic E-state index is 0.0646. The average molecular weight is 423 g/mol. The molecule has 0 unspecified atom stereocenters. The molecule has 0 radical (unpaired) electrons. The molecule has 2 aromatic carbocycles. The van der Waals surface area contributed by atoms with E-state index in [1.807, 2.05) is 6.07 Å². The highest BCUT2D eigenvalue weighted by molar-refractivity contribution is 7.89. The molecule has 6 nitrogen and oxygen atoms in total. The summed E-state index contributed by atoms with van der Waals surface area (Å²) < 4.78 is 66.6. The summed E-state index contributed by atoms with van der Waals surface area (Å²) in [5.74, 6) is -0.661. The molecule has 0 spiro atoms. The molecule has 29 heavy (non-hydrogen) atoms. The van der Waals surface area contributed by atoms with Gasteiger partial charge in [-0.2, -0.15) is 22.7 Å². The number of anilines is 1. The maximum Gasteiger partial charge on any atom is 0.417 e. The van der Waals surface area contributed by atoms with Crippen LogP contribution in [0.1, 0.15) is 24.0 Å². The van der Waals surface area contributed by atoms with Crippen LogP contribution in [0.3, 0.4) is 0 Å². The molecule has 0 aliphatic carbocycles. The van der Waals surface area contributed by atoms with E-state index in [1.54, 1.807) is 6.07 Å². The van der Waals surface area contributed by atoms with Gasteiger partial charge in [-0.05, 0) is 43.2 Å². The van der Waals surface area contributed by atoms with Gasteiger partial charge in [0.15, 0.2) is 0 Å². The number of carbonyl (C=O) groups is 1. The summed E-state index contributed by atoms with van der Waals surface area (Å²) in [6, 6.07) is 10.7. The highest BCUT2D eigenvalue weighted by Crippen LogP contribution is 2.37. The Morgan fingerprint density at radius 1 is 1.17 bits per heavy atom. The van der Waals surface area contributed by atoms with Gasteiger partial charge in [-0.1, -0.05) is 18.2 Å². The van der Waals surface area contributed by atoms with E-state index in [9.17, 15) is 26.4 Å². The van der Waals surface area contributed by atoms with Crippen molar-refractivity contribution in [3.05, 3.63) is 59.7 Å². The van der Waals surface area contributed by atoms with Crippen LogP contribution >= 0.6 is 0 Å². The van der Waals surface area contributed by atoms with Crippen LogP contribution < -0.4 is 5.32 Å². The van der Waals surface area contributed by atoms with Crippen molar-refractivity contribution in [1.82, 2.24) is 4.31 Å². The summed E-state index contributed by atoms with van der Waals surface area (Å²) in [5.41, 5.74) is -0.667. The molecule has 1 aliphatic rings. The van der Waals surface area contributed by atoms with Crippen molar-refractivity contribution in [1.29, 1.82) is 5.26 Å². The van der Waals surface area contributed by atoms with E-state index < -0.39 is 38.6 Å². The normalized spacial score (nSPS) is 17.7. The predicted molar refractivity (Wildman–Crippen MR) is 98.1 cm³/mol. The van der Waals surface area contributed by atoms with Gasteiger partial charge in [-0.3, -0.25) is 4.79 Å². The zero-order chi connectivity index (χ0) is 21.2. The second kappa shape index (κ2) is 7.85. The summed E-state index contributed by atoms with van der Waals surface area (Å²) in [5, 5.41) is 11.5. The Hall–Kier alpha value is -2.90. The van der Waals surface area contributed by atoms with E-state index >= 15 is 0 Å². The van der Waals surface area contributed by atoms with Crippen LogP contribution in [0.25, 0.3) is 0 Å². The molecule has 1 fully saturated rings. The lowest BCUT2D eigenvalue weighted by molar-refractivity contribution is -0.139. The maximum atomic E-state index is 13.3. The van der Waals surface area contributed by atoms with Gasteiger partial charge in [-0.25, -0.2) is 8.42 Å². The quantitative estimate of drug-likeness (QED) is 0.817. The summed E-state index contributed by atoms with van der Waals surface area (Å²) in [6.45, 7) is -0.0646. The zero-order valence-electron chi connectivity index (χ0n) is 15.0. The van der Waals surface area contributed by atoms with Crippen molar-refractivity contribution in [3.63, 3.8) is 0 Å². The Morgan fingerprint density at radius 3 is 2.59 bits per heavy atom. The van der Waals surface area contributed by atoms with Crippen LogP contribution in [0, 0.1) is 11.3 Å². The van der Waals surface area contributed by atoms with Gasteiger partial charge in [0, 0.05) is 12.2 Å². The van der Waals surface area contributed by atoms with Crippen molar-refractivity contribution in [2.45, 2.75) is 30.0 Å². The van der Waals surface area contributed by atoms with Crippen LogP contribution in [0.2, 0.25) is 0 Å². The second-order valence-corrected chi connectivity index (χ2v) is 8.31. The third-order valence-corrected chi connectivity index (χ3v) is 6.51. The van der Waals surface area contributed by atoms with Crippen molar-refractivity contribution in [3.8, 4) is 6.07 Å². The molecule has 10 heteroatoms. The Bertz CT molecular complexity index is 1080. The van der Waals surface area contributed by atoms with E-state index in [2.05, 4.69) is 5.32 Å². The number of alkyl halides is 3. The van der Waals surface area contributed by atoms with Crippen LogP contribution in [-0.4, -0.2) is 31.2 Å². The molecule has 1 aliphatic heterocycles. The molecule has 1 saturated heterocycles. The van der Waals surface area contributed by atoms with E-state index in [4.69, 9.17) is 5.26 Å². The zero-order valence-corrected chi connectivity index (χ0v) is 15.8. The largest absolute Gasteiger partial charge is 0.417 e. The molecule has 0 bridgehead atoms. The third kappa shape index (κ3) is 4.26. The molecular formula is C19H16F3N3O3S. The lowest BCUT2D eigenvalue weighted by Gasteiger charge is -2.25. The lowest BCUT2D eigenvalue weighted by Crippen LogP contribution is -2.43. The fraction of sp³-hybridized carbons (Fsp3) is 0.263. The lowest BCUT2D eigenvalue weighted by atomic mass is 10.2. The van der Waals surface area contributed by atoms with Gasteiger partial charge >= 0.3 is 6.18 Å². The number of hydrogen-bond acceptors (Lipinski definition) is 4. The standard InChI is InChI=1S/C19H16F3N3O3S/c20-19(21,22)15-7-1-2-9-17(15)29(27,28)25-10-4-8-16(25)18(26)24-14-6-3-5-13(11-14)12-23/h1-3,5-7,9,11,16H,4,8,10H2,(H,24,26)/t16-/m0/s1. The molecule has 1 N–H and O–H groups in total. The number of nitrogens with zero attached hydrogens (tertiary/aromatic N) is 2. The molecule has 2 aromatic rings. The van der Waals surface area contributed by atoms with E-state index in [1.165, 1.54) is 24.3 Å². The average Bonchev–Trinajstić information content (AvgIpc) is 3.18. The first-order chi connectivity index (χ1) is 13.6. The summed E-state index contributed by atoms with van der Waals surface area (Å²) in [7, 11) is -4.55. The monoisotopic (exact) mass is 423 g/mol. The molecule has 1 heterocycles. The molecular weight excluding hydrogens is 407 g/mol. The van der Waals surface area contributed by atoms with Gasteiger partial charge in [-0.15, -0.1) is 0 Å². The SMILES string of the molecule is N#Cc1cccc(NC(=O)[C@@H]2CCCN2S(=O)(=O)c2ccccc2C(F)(F)F)c1. The van der Waals surface area contributed by atoms with Crippen molar-refractivity contribution in [2.24, 2.45) is 0 Å². The number of hydrogen-bond donors (Lipinski definition) is 1. The molecule has 0 aromatic heterocycles. The molecule has 0 saturated carbocycles. The fourth-order valence-electron chi connectivity index (χ4n) is 3.23. The number of nitrogens with one attached hydrogen (secondary N) is 1. The maximum absolute atomic E-state index is 13.3. The topological polar surface area (TPSA) is 90.3 Å². The molecule has 3 rings (SSSR count). The van der Waals surface area contributed by atoms with Crippen LogP contribution in [0.15, 0.2) is 53.4 Å². The van der Waals surface area contributed by atoms with Gasteiger partial charge in [0.05, 0.1) is 22.1 Å². The summed E-state index contributed by atoms with van der Waals surface area (Å²) in [4.78, 5) is 11.8. The first-order valence-electron chi connectivity index (χ1n) is 8.63. The van der Waals surface area contributed by atoms with Gasteiger partial charge in [0.2, 0.25) is 15.9 Å². The van der Waals surface area contributed by atoms with E-state index in [0.29, 0.717) is 23.7 Å². The molecule has 1 amide bonds. The van der Waals surface area contributed by atoms with Gasteiger partial charge in [0.25, 0.3) is 0 Å². The van der Waals surface area contributed by atoms with Gasteiger partial charge < -0.3 is 5.32 Å². The Kier molecular flexibility index (Phi) is 5.64. The van der Waals surface area contributed by atoms with Crippen molar-refractivity contribution in [2.75, 3.05) is 11.9 Å². The molecule has 1 atom stereocenters. The van der Waals surface area contributed by atoms with E-state index in [0.717, 1.165) is 16.4 Å². The summed E-state index contributed by atoms with van der Waals surface area (Å²) in [6.07, 6.45) is -4.33. The predicted octanol–water partition coefficient (Wildman–Crippen LogP) is 3.37. The van der Waals surface area contributed by atoms with Gasteiger partial charge in [0.1, 0.15) is 6.04 Å².